The van der Waals surface area contributed by atoms with Crippen LogP contribution in [0.1, 0.15) is 0 Å². The van der Waals surface area contributed by atoms with Crippen LogP contribution in [0.25, 0.3) is 11.3 Å². The third-order valence-corrected chi connectivity index (χ3v) is 7.55. The smallest absolute Gasteiger partial charge is 0.244 e. The Balaban J connectivity index is 1.46. The lowest BCUT2D eigenvalue weighted by atomic mass is 10.1. The Labute approximate surface area is 179 Å². The number of hydrogen-bond donors (Lipinski definition) is 0. The number of sulfonamides is 1. The summed E-state index contributed by atoms with van der Waals surface area (Å²) in [5, 5.41) is 9.44. The van der Waals surface area contributed by atoms with Gasteiger partial charge in [-0.1, -0.05) is 53.5 Å². The molecule has 0 saturated carbocycles. The van der Waals surface area contributed by atoms with E-state index in [1.165, 1.54) is 10.4 Å². The number of benzene rings is 2. The van der Waals surface area contributed by atoms with E-state index in [0.717, 1.165) is 5.56 Å². The average molecular weight is 449 g/mol. The van der Waals surface area contributed by atoms with Gasteiger partial charge in [0, 0.05) is 31.7 Å². The number of rotatable bonds is 4. The maximum atomic E-state index is 12.9. The van der Waals surface area contributed by atoms with Gasteiger partial charge in [-0.15, -0.1) is 10.2 Å². The van der Waals surface area contributed by atoms with Crippen molar-refractivity contribution in [3.05, 3.63) is 70.7 Å². The van der Waals surface area contributed by atoms with Gasteiger partial charge < -0.3 is 4.90 Å². The van der Waals surface area contributed by atoms with Crippen LogP contribution in [-0.4, -0.2) is 49.1 Å². The molecule has 1 fully saturated rings. The molecule has 29 heavy (non-hydrogen) atoms. The van der Waals surface area contributed by atoms with Crippen molar-refractivity contribution in [1.82, 2.24) is 14.5 Å². The summed E-state index contributed by atoms with van der Waals surface area (Å²) in [4.78, 5) is 2.15. The summed E-state index contributed by atoms with van der Waals surface area (Å²) in [6.45, 7) is 1.73. The number of hydrogen-bond acceptors (Lipinski definition) is 5. The molecule has 0 spiro atoms. The van der Waals surface area contributed by atoms with Crippen molar-refractivity contribution in [3.63, 3.8) is 0 Å². The number of halogens is 2. The molecular weight excluding hydrogens is 431 g/mol. The predicted octanol–water partition coefficient (Wildman–Crippen LogP) is 3.96. The number of anilines is 1. The molecule has 0 radical (unpaired) electrons. The van der Waals surface area contributed by atoms with Crippen molar-refractivity contribution in [2.75, 3.05) is 31.1 Å². The van der Waals surface area contributed by atoms with E-state index < -0.39 is 10.0 Å². The topological polar surface area (TPSA) is 66.4 Å². The zero-order valence-electron chi connectivity index (χ0n) is 15.4. The van der Waals surface area contributed by atoms with Crippen LogP contribution >= 0.6 is 23.2 Å². The van der Waals surface area contributed by atoms with Gasteiger partial charge in [-0.3, -0.25) is 0 Å². The Morgan fingerprint density at radius 2 is 1.41 bits per heavy atom. The van der Waals surface area contributed by atoms with Gasteiger partial charge in [0.05, 0.1) is 15.7 Å². The van der Waals surface area contributed by atoms with Crippen molar-refractivity contribution >= 4 is 39.0 Å². The van der Waals surface area contributed by atoms with Gasteiger partial charge in [-0.25, -0.2) is 8.42 Å². The average Bonchev–Trinajstić information content (AvgIpc) is 2.74. The van der Waals surface area contributed by atoms with E-state index >= 15 is 0 Å². The highest BCUT2D eigenvalue weighted by Gasteiger charge is 2.30. The van der Waals surface area contributed by atoms with Crippen molar-refractivity contribution in [2.45, 2.75) is 4.90 Å². The Morgan fingerprint density at radius 1 is 0.759 bits per heavy atom. The molecule has 1 aliphatic rings. The first-order chi connectivity index (χ1) is 14.0. The van der Waals surface area contributed by atoms with E-state index in [4.69, 9.17) is 23.2 Å². The lowest BCUT2D eigenvalue weighted by molar-refractivity contribution is 0.383. The van der Waals surface area contributed by atoms with Crippen LogP contribution in [0, 0.1) is 0 Å². The molecule has 0 atom stereocenters. The summed E-state index contributed by atoms with van der Waals surface area (Å²) in [6.07, 6.45) is 0. The van der Waals surface area contributed by atoms with Crippen LogP contribution < -0.4 is 4.90 Å². The zero-order valence-corrected chi connectivity index (χ0v) is 17.7. The molecule has 0 bridgehead atoms. The summed E-state index contributed by atoms with van der Waals surface area (Å²) in [6, 6.07) is 17.7. The molecule has 4 rings (SSSR count). The lowest BCUT2D eigenvalue weighted by Gasteiger charge is -2.34. The first-order valence-electron chi connectivity index (χ1n) is 9.05. The first-order valence-corrected chi connectivity index (χ1v) is 11.2. The Morgan fingerprint density at radius 3 is 2.03 bits per heavy atom. The highest BCUT2D eigenvalue weighted by atomic mass is 35.5. The summed E-state index contributed by atoms with van der Waals surface area (Å²) in [5.41, 5.74) is 1.52. The Bertz CT molecular complexity index is 1120. The van der Waals surface area contributed by atoms with Crippen LogP contribution in [0.3, 0.4) is 0 Å². The highest BCUT2D eigenvalue weighted by Crippen LogP contribution is 2.28. The minimum absolute atomic E-state index is 0.138. The molecule has 1 aliphatic heterocycles. The van der Waals surface area contributed by atoms with Gasteiger partial charge in [-0.05, 0) is 30.3 Å². The lowest BCUT2D eigenvalue weighted by Crippen LogP contribution is -2.49. The fourth-order valence-corrected chi connectivity index (χ4v) is 5.41. The van der Waals surface area contributed by atoms with Crippen molar-refractivity contribution in [1.29, 1.82) is 0 Å². The van der Waals surface area contributed by atoms with Crippen LogP contribution in [-0.2, 0) is 10.0 Å². The van der Waals surface area contributed by atoms with Gasteiger partial charge in [0.15, 0.2) is 5.82 Å². The second-order valence-corrected chi connectivity index (χ2v) is 9.30. The van der Waals surface area contributed by atoms with Crippen molar-refractivity contribution in [2.24, 2.45) is 0 Å². The molecule has 150 valence electrons. The molecule has 0 aliphatic carbocycles. The molecule has 2 heterocycles. The zero-order chi connectivity index (χ0) is 20.4. The van der Waals surface area contributed by atoms with Gasteiger partial charge in [0.1, 0.15) is 4.90 Å². The van der Waals surface area contributed by atoms with Gasteiger partial charge in [0.25, 0.3) is 0 Å². The van der Waals surface area contributed by atoms with E-state index in [1.807, 2.05) is 41.3 Å². The SMILES string of the molecule is O=S(=O)(c1ccccc1Cl)N1CCN(c2ccc(-c3ccccc3Cl)nn2)CC1. The normalized spacial score (nSPS) is 15.4. The molecule has 6 nitrogen and oxygen atoms in total. The van der Waals surface area contributed by atoms with Crippen molar-refractivity contribution < 1.29 is 8.42 Å². The molecule has 1 saturated heterocycles. The number of aromatic nitrogens is 2. The second kappa shape index (κ2) is 8.28. The van der Waals surface area contributed by atoms with E-state index in [9.17, 15) is 8.42 Å². The molecule has 3 aromatic rings. The quantitative estimate of drug-likeness (QED) is 0.603. The van der Waals surface area contributed by atoms with E-state index in [2.05, 4.69) is 10.2 Å². The Hall–Kier alpha value is -2.19. The third kappa shape index (κ3) is 4.09. The first kappa shape index (κ1) is 20.1. The van der Waals surface area contributed by atoms with Crippen LogP contribution in [0.5, 0.6) is 0 Å². The van der Waals surface area contributed by atoms with Crippen LogP contribution in [0.2, 0.25) is 10.0 Å². The van der Waals surface area contributed by atoms with E-state index in [0.29, 0.717) is 42.7 Å². The minimum atomic E-state index is -3.62. The summed E-state index contributed by atoms with van der Waals surface area (Å²) < 4.78 is 27.2. The molecule has 2 aromatic carbocycles. The Kier molecular flexibility index (Phi) is 5.74. The predicted molar refractivity (Wildman–Crippen MR) is 115 cm³/mol. The molecular formula is C20H18Cl2N4O2S. The van der Waals surface area contributed by atoms with Crippen molar-refractivity contribution in [3.8, 4) is 11.3 Å². The maximum absolute atomic E-state index is 12.9. The van der Waals surface area contributed by atoms with Gasteiger partial charge in [-0.2, -0.15) is 4.31 Å². The highest BCUT2D eigenvalue weighted by molar-refractivity contribution is 7.89. The van der Waals surface area contributed by atoms with E-state index in [-0.39, 0.29) is 9.92 Å². The van der Waals surface area contributed by atoms with Gasteiger partial charge in [0.2, 0.25) is 10.0 Å². The van der Waals surface area contributed by atoms with Crippen LogP contribution in [0.15, 0.2) is 65.6 Å². The largest absolute Gasteiger partial charge is 0.352 e. The molecule has 9 heteroatoms. The standard InChI is InChI=1S/C20H18Cl2N4O2S/c21-16-6-2-1-5-15(16)18-9-10-20(24-23-18)25-11-13-26(14-12-25)29(27,28)19-8-4-3-7-17(19)22/h1-10H,11-14H2. The fraction of sp³-hybridized carbons (Fsp3) is 0.200. The van der Waals surface area contributed by atoms with Gasteiger partial charge >= 0.3 is 0 Å². The summed E-state index contributed by atoms with van der Waals surface area (Å²) in [7, 11) is -3.62. The molecule has 1 aromatic heterocycles. The summed E-state index contributed by atoms with van der Waals surface area (Å²) in [5.74, 6) is 0.704. The molecule has 0 amide bonds. The number of piperazine rings is 1. The monoisotopic (exact) mass is 448 g/mol. The third-order valence-electron chi connectivity index (χ3n) is 4.82. The summed E-state index contributed by atoms with van der Waals surface area (Å²) >= 11 is 12.3. The minimum Gasteiger partial charge on any atom is -0.352 e. The van der Waals surface area contributed by atoms with Crippen LogP contribution in [0.4, 0.5) is 5.82 Å². The van der Waals surface area contributed by atoms with E-state index in [1.54, 1.807) is 18.2 Å². The molecule has 0 N–H and O–H groups in total. The maximum Gasteiger partial charge on any atom is 0.244 e. The molecule has 0 unspecified atom stereocenters. The number of nitrogens with zero attached hydrogens (tertiary/aromatic N) is 4. The second-order valence-electron chi connectivity index (χ2n) is 6.58. The fourth-order valence-electron chi connectivity index (χ4n) is 3.26.